The number of H-pyrrole nitrogens is 1. The van der Waals surface area contributed by atoms with Gasteiger partial charge in [0.05, 0.1) is 5.52 Å². The first-order chi connectivity index (χ1) is 5.77. The molecule has 12 heavy (non-hydrogen) atoms. The minimum absolute atomic E-state index is 0.534. The molecule has 0 fully saturated rings. The Morgan fingerprint density at radius 3 is 2.92 bits per heavy atom. The quantitative estimate of drug-likeness (QED) is 0.721. The molecule has 2 aromatic rings. The topological polar surface area (TPSA) is 41.6 Å². The second kappa shape index (κ2) is 2.92. The van der Waals surface area contributed by atoms with E-state index in [9.17, 15) is 0 Å². The minimum atomic E-state index is -0.626. The highest BCUT2D eigenvalue weighted by molar-refractivity contribution is 6.43. The lowest BCUT2D eigenvalue weighted by molar-refractivity contribution is 1.10. The molecular weight excluding hydrogens is 197 g/mol. The van der Waals surface area contributed by atoms with Gasteiger partial charge in [-0.25, -0.2) is 9.97 Å². The average molecular weight is 202 g/mol. The van der Waals surface area contributed by atoms with Gasteiger partial charge in [-0.1, -0.05) is 23.2 Å². The van der Waals surface area contributed by atoms with Crippen LogP contribution in [0.4, 0.5) is 0 Å². The molecule has 0 saturated carbocycles. The molecule has 2 heterocycles. The van der Waals surface area contributed by atoms with Crippen molar-refractivity contribution in [2.75, 3.05) is 0 Å². The van der Waals surface area contributed by atoms with Crippen molar-refractivity contribution < 1.29 is 0 Å². The van der Waals surface area contributed by atoms with Crippen molar-refractivity contribution >= 4 is 34.4 Å². The second-order valence-electron chi connectivity index (χ2n) is 2.30. The van der Waals surface area contributed by atoms with Crippen molar-refractivity contribution in [3.8, 4) is 0 Å². The van der Waals surface area contributed by atoms with E-state index in [1.54, 1.807) is 6.20 Å². The van der Waals surface area contributed by atoms with Crippen LogP contribution in [0.25, 0.3) is 11.2 Å². The van der Waals surface area contributed by atoms with Gasteiger partial charge in [0.1, 0.15) is 5.82 Å². The first kappa shape index (κ1) is 7.83. The third kappa shape index (κ3) is 1.26. The molecule has 2 rings (SSSR count). The highest BCUT2D eigenvalue weighted by Gasteiger charge is 2.08. The molecular formula is C7H5Cl2N3. The van der Waals surface area contributed by atoms with E-state index in [0.717, 1.165) is 5.52 Å². The summed E-state index contributed by atoms with van der Waals surface area (Å²) in [4.78, 5) is 10.4. The Kier molecular flexibility index (Phi) is 1.90. The Balaban J connectivity index is 2.62. The monoisotopic (exact) mass is 201 g/mol. The van der Waals surface area contributed by atoms with E-state index in [4.69, 9.17) is 23.2 Å². The van der Waals surface area contributed by atoms with Gasteiger partial charge in [0.15, 0.2) is 10.5 Å². The van der Waals surface area contributed by atoms with Crippen LogP contribution < -0.4 is 0 Å². The summed E-state index contributed by atoms with van der Waals surface area (Å²) in [6.07, 6.45) is 1.67. The number of aromatic nitrogens is 3. The summed E-state index contributed by atoms with van der Waals surface area (Å²) < 4.78 is 0. The molecule has 0 unspecified atom stereocenters. The lowest BCUT2D eigenvalue weighted by atomic mass is 10.4. The molecule has 1 N–H and O–H groups in total. The van der Waals surface area contributed by atoms with E-state index in [2.05, 4.69) is 15.0 Å². The third-order valence-electron chi connectivity index (χ3n) is 1.48. The molecule has 0 aromatic carbocycles. The summed E-state index contributed by atoms with van der Waals surface area (Å²) in [6, 6.07) is 3.69. The fraction of sp³-hybridized carbons (Fsp3) is 0.143. The van der Waals surface area contributed by atoms with Gasteiger partial charge >= 0.3 is 0 Å². The Bertz CT molecular complexity index is 363. The van der Waals surface area contributed by atoms with Crippen LogP contribution in [0.15, 0.2) is 18.3 Å². The number of hydrogen-bond acceptors (Lipinski definition) is 2. The molecule has 0 amide bonds. The van der Waals surface area contributed by atoms with Gasteiger partial charge in [-0.3, -0.25) is 0 Å². The zero-order chi connectivity index (χ0) is 8.55. The van der Waals surface area contributed by atoms with E-state index in [1.807, 2.05) is 12.1 Å². The lowest BCUT2D eigenvalue weighted by Gasteiger charge is -1.90. The summed E-state index contributed by atoms with van der Waals surface area (Å²) in [5.74, 6) is 0.534. The number of imidazole rings is 1. The highest BCUT2D eigenvalue weighted by Crippen LogP contribution is 2.23. The van der Waals surface area contributed by atoms with Crippen molar-refractivity contribution in [2.24, 2.45) is 0 Å². The van der Waals surface area contributed by atoms with Crippen LogP contribution in [0.5, 0.6) is 0 Å². The SMILES string of the molecule is ClC(Cl)c1nc2ncccc2[nH]1. The van der Waals surface area contributed by atoms with Gasteiger partial charge in [-0.2, -0.15) is 0 Å². The summed E-state index contributed by atoms with van der Waals surface area (Å²) in [7, 11) is 0. The first-order valence-corrected chi connectivity index (χ1v) is 4.23. The fourth-order valence-electron chi connectivity index (χ4n) is 0.967. The molecule has 0 radical (unpaired) electrons. The van der Waals surface area contributed by atoms with Crippen molar-refractivity contribution in [2.45, 2.75) is 4.84 Å². The Morgan fingerprint density at radius 2 is 2.25 bits per heavy atom. The molecule has 0 atom stereocenters. The normalized spacial score (nSPS) is 11.2. The van der Waals surface area contributed by atoms with E-state index in [0.29, 0.717) is 11.5 Å². The number of hydrogen-bond donors (Lipinski definition) is 1. The van der Waals surface area contributed by atoms with Crippen LogP contribution in [0.1, 0.15) is 10.7 Å². The molecule has 0 saturated heterocycles. The zero-order valence-corrected chi connectivity index (χ0v) is 7.47. The van der Waals surface area contributed by atoms with Crippen molar-refractivity contribution in [3.63, 3.8) is 0 Å². The molecule has 3 nitrogen and oxygen atoms in total. The van der Waals surface area contributed by atoms with E-state index < -0.39 is 4.84 Å². The Hall–Kier alpha value is -0.800. The minimum Gasteiger partial charge on any atom is -0.338 e. The van der Waals surface area contributed by atoms with Gasteiger partial charge in [-0.05, 0) is 12.1 Å². The number of aromatic amines is 1. The smallest absolute Gasteiger partial charge is 0.177 e. The van der Waals surface area contributed by atoms with Gasteiger partial charge in [-0.15, -0.1) is 0 Å². The number of fused-ring (bicyclic) bond motifs is 1. The molecule has 0 spiro atoms. The predicted molar refractivity (Wildman–Crippen MR) is 48.3 cm³/mol. The molecule has 5 heteroatoms. The van der Waals surface area contributed by atoms with Crippen LogP contribution in [0, 0.1) is 0 Å². The van der Waals surface area contributed by atoms with E-state index in [-0.39, 0.29) is 0 Å². The van der Waals surface area contributed by atoms with E-state index >= 15 is 0 Å². The van der Waals surface area contributed by atoms with Gasteiger partial charge in [0, 0.05) is 6.20 Å². The van der Waals surface area contributed by atoms with Crippen LogP contribution in [0.3, 0.4) is 0 Å². The first-order valence-electron chi connectivity index (χ1n) is 3.36. The molecule has 0 aliphatic carbocycles. The number of nitrogens with zero attached hydrogens (tertiary/aromatic N) is 2. The highest BCUT2D eigenvalue weighted by atomic mass is 35.5. The summed E-state index contributed by atoms with van der Waals surface area (Å²) in [6.45, 7) is 0. The zero-order valence-electron chi connectivity index (χ0n) is 5.96. The maximum Gasteiger partial charge on any atom is 0.177 e. The van der Waals surface area contributed by atoms with Gasteiger partial charge < -0.3 is 4.98 Å². The standard InChI is InChI=1S/C7H5Cl2N3/c8-5(9)7-11-4-2-1-3-10-6(4)12-7/h1-3,5H,(H,10,11,12). The van der Waals surface area contributed by atoms with E-state index in [1.165, 1.54) is 0 Å². The molecule has 62 valence electrons. The number of alkyl halides is 2. The van der Waals surface area contributed by atoms with Crippen LogP contribution in [0.2, 0.25) is 0 Å². The number of rotatable bonds is 1. The van der Waals surface area contributed by atoms with Crippen molar-refractivity contribution in [3.05, 3.63) is 24.2 Å². The molecule has 2 aromatic heterocycles. The number of nitrogens with one attached hydrogen (secondary N) is 1. The van der Waals surface area contributed by atoms with Crippen LogP contribution in [-0.4, -0.2) is 15.0 Å². The van der Waals surface area contributed by atoms with Crippen LogP contribution in [-0.2, 0) is 0 Å². The number of halogens is 2. The van der Waals surface area contributed by atoms with Crippen LogP contribution >= 0.6 is 23.2 Å². The summed E-state index contributed by atoms with van der Waals surface area (Å²) in [5.41, 5.74) is 1.48. The van der Waals surface area contributed by atoms with Crippen molar-refractivity contribution in [1.82, 2.24) is 15.0 Å². The maximum absolute atomic E-state index is 5.62. The molecule has 0 bridgehead atoms. The third-order valence-corrected chi connectivity index (χ3v) is 1.90. The lowest BCUT2D eigenvalue weighted by Crippen LogP contribution is -1.82. The van der Waals surface area contributed by atoms with Gasteiger partial charge in [0.25, 0.3) is 0 Å². The largest absolute Gasteiger partial charge is 0.338 e. The predicted octanol–water partition coefficient (Wildman–Crippen LogP) is 2.43. The van der Waals surface area contributed by atoms with Crippen molar-refractivity contribution in [1.29, 1.82) is 0 Å². The average Bonchev–Trinajstić information content (AvgIpc) is 2.46. The fourth-order valence-corrected chi connectivity index (χ4v) is 1.17. The summed E-state index contributed by atoms with van der Waals surface area (Å²) >= 11 is 11.2. The maximum atomic E-state index is 5.62. The summed E-state index contributed by atoms with van der Waals surface area (Å²) in [5, 5.41) is 0. The second-order valence-corrected chi connectivity index (χ2v) is 3.39. The number of pyridine rings is 1. The Labute approximate surface area is 78.7 Å². The Morgan fingerprint density at radius 1 is 1.42 bits per heavy atom. The van der Waals surface area contributed by atoms with Gasteiger partial charge in [0.2, 0.25) is 0 Å². The molecule has 0 aliphatic rings. The molecule has 0 aliphatic heterocycles.